The van der Waals surface area contributed by atoms with Gasteiger partial charge in [-0.1, -0.05) is 39.0 Å². The maximum atomic E-state index is 12.8. The molecule has 0 saturated heterocycles. The number of anilines is 1. The van der Waals surface area contributed by atoms with Gasteiger partial charge in [0, 0.05) is 32.8 Å². The van der Waals surface area contributed by atoms with Crippen molar-refractivity contribution < 1.29 is 14.3 Å². The van der Waals surface area contributed by atoms with Crippen molar-refractivity contribution in [3.05, 3.63) is 82.9 Å². The lowest BCUT2D eigenvalue weighted by atomic mass is 9.96. The maximum absolute atomic E-state index is 12.8. The molecular formula is C31H35N3O3S. The van der Waals surface area contributed by atoms with Gasteiger partial charge in [-0.15, -0.1) is 17.7 Å². The quantitative estimate of drug-likeness (QED) is 0.182. The summed E-state index contributed by atoms with van der Waals surface area (Å²) in [5.41, 5.74) is 6.34. The second kappa shape index (κ2) is 12.2. The molecule has 1 aromatic heterocycles. The molecule has 7 heteroatoms. The first kappa shape index (κ1) is 27.3. The number of aromatic nitrogens is 2. The second-order valence-corrected chi connectivity index (χ2v) is 10.3. The van der Waals surface area contributed by atoms with Crippen LogP contribution in [0.15, 0.2) is 65.6 Å². The molecule has 0 atom stereocenters. The van der Waals surface area contributed by atoms with Crippen molar-refractivity contribution in [3.8, 4) is 28.6 Å². The molecule has 0 radical (unpaired) electrons. The van der Waals surface area contributed by atoms with Crippen molar-refractivity contribution in [1.29, 1.82) is 0 Å². The Bertz CT molecular complexity index is 1430. The van der Waals surface area contributed by atoms with Crippen LogP contribution in [0.3, 0.4) is 0 Å². The lowest BCUT2D eigenvalue weighted by Gasteiger charge is -2.16. The minimum atomic E-state index is -0.228. The third-order valence-electron chi connectivity index (χ3n) is 6.42. The Morgan fingerprint density at radius 1 is 1.08 bits per heavy atom. The van der Waals surface area contributed by atoms with Gasteiger partial charge in [-0.05, 0) is 80.6 Å². The zero-order valence-corrected chi connectivity index (χ0v) is 23.5. The molecule has 0 bridgehead atoms. The van der Waals surface area contributed by atoms with E-state index in [1.54, 1.807) is 24.3 Å². The zero-order chi connectivity index (χ0) is 27.2. The average Bonchev–Trinajstić information content (AvgIpc) is 3.27. The summed E-state index contributed by atoms with van der Waals surface area (Å²) in [5, 5.41) is 10.6. The third-order valence-corrected chi connectivity index (χ3v) is 6.70. The Kier molecular flexibility index (Phi) is 8.79. The Morgan fingerprint density at radius 3 is 2.61 bits per heavy atom. The summed E-state index contributed by atoms with van der Waals surface area (Å²) in [5.74, 6) is 2.27. The Hall–Kier alpha value is -3.71. The van der Waals surface area contributed by atoms with Crippen molar-refractivity contribution in [2.24, 2.45) is 5.92 Å². The Labute approximate surface area is 230 Å². The molecule has 1 amide bonds. The fourth-order valence-electron chi connectivity index (χ4n) is 4.34. The minimum Gasteiger partial charge on any atom is -0.493 e. The van der Waals surface area contributed by atoms with Gasteiger partial charge in [0.1, 0.15) is 11.5 Å². The molecule has 3 aromatic carbocycles. The number of amides is 1. The highest BCUT2D eigenvalue weighted by molar-refractivity contribution is 7.80. The van der Waals surface area contributed by atoms with E-state index >= 15 is 0 Å². The van der Waals surface area contributed by atoms with Crippen LogP contribution in [0.1, 0.15) is 54.2 Å². The molecule has 198 valence electrons. The number of ether oxygens (including phenoxy) is 2. The summed E-state index contributed by atoms with van der Waals surface area (Å²) in [4.78, 5) is 13.6. The maximum Gasteiger partial charge on any atom is 0.255 e. The van der Waals surface area contributed by atoms with E-state index in [4.69, 9.17) is 9.47 Å². The summed E-state index contributed by atoms with van der Waals surface area (Å²) in [7, 11) is 0. The molecule has 0 fully saturated rings. The van der Waals surface area contributed by atoms with Crippen molar-refractivity contribution in [2.75, 3.05) is 11.9 Å². The van der Waals surface area contributed by atoms with E-state index in [0.717, 1.165) is 51.4 Å². The van der Waals surface area contributed by atoms with Gasteiger partial charge in [0.25, 0.3) is 5.91 Å². The lowest BCUT2D eigenvalue weighted by Crippen LogP contribution is -2.11. The standard InChI is InChI=1S/C31H35N3O3S/c1-6-26-29(28-20(4)13-14-27(21(28)5)36-16-15-19(2)3)33-34-31(26)37-24-11-7-9-22(17-24)30(35)32-23-10-8-12-25(38)18-23/h7-14,17-19,38H,6,15-16H2,1-5H3,(H,32,35)(H,33,34). The number of nitrogens with one attached hydrogen (secondary N) is 2. The molecular weight excluding hydrogens is 494 g/mol. The van der Waals surface area contributed by atoms with E-state index in [1.807, 2.05) is 30.3 Å². The van der Waals surface area contributed by atoms with Gasteiger partial charge in [-0.2, -0.15) is 0 Å². The first-order valence-corrected chi connectivity index (χ1v) is 13.4. The number of thiol groups is 1. The van der Waals surface area contributed by atoms with E-state index in [1.165, 1.54) is 0 Å². The van der Waals surface area contributed by atoms with Crippen molar-refractivity contribution in [3.63, 3.8) is 0 Å². The Balaban J connectivity index is 1.57. The van der Waals surface area contributed by atoms with Crippen LogP contribution in [-0.2, 0) is 6.42 Å². The van der Waals surface area contributed by atoms with Crippen LogP contribution < -0.4 is 14.8 Å². The molecule has 6 nitrogen and oxygen atoms in total. The van der Waals surface area contributed by atoms with Crippen LogP contribution in [0.5, 0.6) is 17.4 Å². The van der Waals surface area contributed by atoms with E-state index in [2.05, 4.69) is 68.8 Å². The van der Waals surface area contributed by atoms with Crippen LogP contribution in [-0.4, -0.2) is 22.7 Å². The number of nitrogens with zero attached hydrogens (tertiary/aromatic N) is 1. The summed E-state index contributed by atoms with van der Waals surface area (Å²) in [6.07, 6.45) is 1.72. The summed E-state index contributed by atoms with van der Waals surface area (Å²) >= 11 is 4.33. The largest absolute Gasteiger partial charge is 0.493 e. The average molecular weight is 530 g/mol. The second-order valence-electron chi connectivity index (χ2n) is 9.78. The van der Waals surface area contributed by atoms with Crippen LogP contribution >= 0.6 is 12.6 Å². The first-order valence-electron chi connectivity index (χ1n) is 13.0. The number of carbonyl (C=O) groups excluding carboxylic acids is 1. The summed E-state index contributed by atoms with van der Waals surface area (Å²) < 4.78 is 12.3. The molecule has 1 heterocycles. The van der Waals surface area contributed by atoms with Gasteiger partial charge >= 0.3 is 0 Å². The van der Waals surface area contributed by atoms with E-state index < -0.39 is 0 Å². The van der Waals surface area contributed by atoms with Gasteiger partial charge < -0.3 is 14.8 Å². The number of hydrogen-bond donors (Lipinski definition) is 3. The van der Waals surface area contributed by atoms with E-state index in [-0.39, 0.29) is 5.91 Å². The predicted octanol–water partition coefficient (Wildman–Crippen LogP) is 8.01. The van der Waals surface area contributed by atoms with Gasteiger partial charge in [-0.25, -0.2) is 0 Å². The molecule has 2 N–H and O–H groups in total. The molecule has 0 aliphatic carbocycles. The normalized spacial score (nSPS) is 11.0. The van der Waals surface area contributed by atoms with E-state index in [9.17, 15) is 4.79 Å². The number of carbonyl (C=O) groups is 1. The number of rotatable bonds is 10. The van der Waals surface area contributed by atoms with Gasteiger partial charge in [0.2, 0.25) is 5.88 Å². The highest BCUT2D eigenvalue weighted by Crippen LogP contribution is 2.38. The van der Waals surface area contributed by atoms with Gasteiger partial charge in [-0.3, -0.25) is 9.89 Å². The summed E-state index contributed by atoms with van der Waals surface area (Å²) in [6, 6.07) is 18.5. The molecule has 0 aliphatic heterocycles. The first-order chi connectivity index (χ1) is 18.3. The molecule has 0 unspecified atom stereocenters. The minimum absolute atomic E-state index is 0.228. The van der Waals surface area contributed by atoms with Crippen LogP contribution in [0.25, 0.3) is 11.3 Å². The Morgan fingerprint density at radius 2 is 1.87 bits per heavy atom. The van der Waals surface area contributed by atoms with Crippen molar-refractivity contribution >= 4 is 24.2 Å². The monoisotopic (exact) mass is 529 g/mol. The number of benzene rings is 3. The molecule has 0 aliphatic rings. The fraction of sp³-hybridized carbons (Fsp3) is 0.290. The highest BCUT2D eigenvalue weighted by atomic mass is 32.1. The van der Waals surface area contributed by atoms with E-state index in [0.29, 0.717) is 35.4 Å². The fourth-order valence-corrected chi connectivity index (χ4v) is 4.57. The summed E-state index contributed by atoms with van der Waals surface area (Å²) in [6.45, 7) is 11.3. The van der Waals surface area contributed by atoms with Gasteiger partial charge in [0.05, 0.1) is 12.3 Å². The van der Waals surface area contributed by atoms with Gasteiger partial charge in [0.15, 0.2) is 0 Å². The number of H-pyrrole nitrogens is 1. The topological polar surface area (TPSA) is 76.2 Å². The molecule has 4 aromatic rings. The van der Waals surface area contributed by atoms with Crippen molar-refractivity contribution in [1.82, 2.24) is 10.2 Å². The smallest absolute Gasteiger partial charge is 0.255 e. The molecule has 0 spiro atoms. The number of hydrogen-bond acceptors (Lipinski definition) is 5. The predicted molar refractivity (Wildman–Crippen MR) is 156 cm³/mol. The zero-order valence-electron chi connectivity index (χ0n) is 22.6. The third kappa shape index (κ3) is 6.40. The number of aryl methyl sites for hydroxylation is 1. The van der Waals surface area contributed by atoms with Crippen LogP contribution in [0.2, 0.25) is 0 Å². The molecule has 0 saturated carbocycles. The SMILES string of the molecule is CCc1c(Oc2cccc(C(=O)Nc3cccc(S)c3)c2)n[nH]c1-c1c(C)ccc(OCCC(C)C)c1C. The molecule has 4 rings (SSSR count). The lowest BCUT2D eigenvalue weighted by molar-refractivity contribution is 0.102. The van der Waals surface area contributed by atoms with Crippen molar-refractivity contribution in [2.45, 2.75) is 52.4 Å². The molecule has 38 heavy (non-hydrogen) atoms. The van der Waals surface area contributed by atoms with Crippen LogP contribution in [0.4, 0.5) is 5.69 Å². The highest BCUT2D eigenvalue weighted by Gasteiger charge is 2.20. The number of aromatic amines is 1. The van der Waals surface area contributed by atoms with Crippen LogP contribution in [0, 0.1) is 19.8 Å².